The molecule has 0 unspecified atom stereocenters. The van der Waals surface area contributed by atoms with Crippen LogP contribution in [0.5, 0.6) is 5.88 Å². The molecule has 0 saturated carbocycles. The lowest BCUT2D eigenvalue weighted by atomic mass is 10.2. The number of rotatable bonds is 3. The molecule has 2 amide bonds. The van der Waals surface area contributed by atoms with Gasteiger partial charge in [0.05, 0.1) is 12.8 Å². The molecular weight excluding hydrogens is 304 g/mol. The third-order valence-corrected chi connectivity index (χ3v) is 4.22. The summed E-state index contributed by atoms with van der Waals surface area (Å²) >= 11 is 1.18. The van der Waals surface area contributed by atoms with Crippen molar-refractivity contribution in [1.29, 1.82) is 0 Å². The number of nitrogens with one attached hydrogen (secondary N) is 2. The van der Waals surface area contributed by atoms with Crippen LogP contribution in [0.2, 0.25) is 0 Å². The lowest BCUT2D eigenvalue weighted by Crippen LogP contribution is -2.21. The maximum absolute atomic E-state index is 12.3. The second-order valence-electron chi connectivity index (χ2n) is 4.67. The highest BCUT2D eigenvalue weighted by molar-refractivity contribution is 7.17. The highest BCUT2D eigenvalue weighted by Crippen LogP contribution is 2.26. The largest absolute Gasteiger partial charge is 0.480 e. The van der Waals surface area contributed by atoms with Crippen LogP contribution < -0.4 is 15.4 Å². The van der Waals surface area contributed by atoms with E-state index in [9.17, 15) is 9.59 Å². The number of anilines is 1. The quantitative estimate of drug-likeness (QED) is 0.894. The molecule has 0 aliphatic carbocycles. The zero-order chi connectivity index (χ0) is 15.5. The third kappa shape index (κ3) is 2.77. The summed E-state index contributed by atoms with van der Waals surface area (Å²) in [6, 6.07) is 3.27. The summed E-state index contributed by atoms with van der Waals surface area (Å²) in [6.07, 6.45) is 3.11. The van der Waals surface area contributed by atoms with Crippen LogP contribution in [0.3, 0.4) is 0 Å². The Kier molecular flexibility index (Phi) is 4.01. The topological polar surface area (TPSA) is 93.2 Å². The van der Waals surface area contributed by atoms with Crippen molar-refractivity contribution in [2.45, 2.75) is 12.8 Å². The molecule has 22 heavy (non-hydrogen) atoms. The van der Waals surface area contributed by atoms with Crippen LogP contribution in [-0.2, 0) is 6.42 Å². The number of carbonyl (C=O) groups is 2. The summed E-state index contributed by atoms with van der Waals surface area (Å²) in [7, 11) is 1.45. The van der Waals surface area contributed by atoms with Gasteiger partial charge in [0.2, 0.25) is 5.88 Å². The molecule has 0 saturated heterocycles. The highest BCUT2D eigenvalue weighted by atomic mass is 32.1. The molecule has 1 aliphatic heterocycles. The molecular formula is C14H14N4O3S. The summed E-state index contributed by atoms with van der Waals surface area (Å²) in [6.45, 7) is 0.649. The molecule has 7 nitrogen and oxygen atoms in total. The van der Waals surface area contributed by atoms with Gasteiger partial charge in [-0.2, -0.15) is 0 Å². The van der Waals surface area contributed by atoms with Crippen LogP contribution in [0.4, 0.5) is 5.13 Å². The molecule has 0 fully saturated rings. The molecule has 114 valence electrons. The number of ether oxygens (including phenoxy) is 1. The van der Waals surface area contributed by atoms with E-state index in [1.54, 1.807) is 18.3 Å². The molecule has 3 heterocycles. The summed E-state index contributed by atoms with van der Waals surface area (Å²) < 4.78 is 5.07. The summed E-state index contributed by atoms with van der Waals surface area (Å²) in [5.41, 5.74) is 1.05. The van der Waals surface area contributed by atoms with E-state index in [1.165, 1.54) is 18.4 Å². The number of methoxy groups -OCH3 is 1. The van der Waals surface area contributed by atoms with Crippen molar-refractivity contribution in [2.24, 2.45) is 0 Å². The smallest absolute Gasteiger partial charge is 0.263 e. The first kappa shape index (κ1) is 14.5. The Balaban J connectivity index is 1.83. The van der Waals surface area contributed by atoms with Crippen molar-refractivity contribution in [3.8, 4) is 5.88 Å². The molecule has 0 bridgehead atoms. The number of amides is 2. The van der Waals surface area contributed by atoms with Crippen LogP contribution in [-0.4, -0.2) is 35.4 Å². The van der Waals surface area contributed by atoms with Gasteiger partial charge in [-0.25, -0.2) is 9.97 Å². The van der Waals surface area contributed by atoms with Crippen LogP contribution in [0.15, 0.2) is 18.3 Å². The first-order valence-electron chi connectivity index (χ1n) is 6.77. The maximum atomic E-state index is 12.3. The Bertz CT molecular complexity index is 729. The average Bonchev–Trinajstić information content (AvgIpc) is 2.86. The van der Waals surface area contributed by atoms with Gasteiger partial charge in [-0.05, 0) is 25.0 Å². The molecule has 0 atom stereocenters. The molecule has 1 aliphatic rings. The van der Waals surface area contributed by atoms with E-state index in [0.29, 0.717) is 22.1 Å². The summed E-state index contributed by atoms with van der Waals surface area (Å²) in [4.78, 5) is 33.1. The zero-order valence-corrected chi connectivity index (χ0v) is 12.7. The Labute approximate surface area is 130 Å². The lowest BCUT2D eigenvalue weighted by molar-refractivity contribution is 0.0958. The normalized spacial score (nSPS) is 13.8. The molecule has 8 heteroatoms. The van der Waals surface area contributed by atoms with Gasteiger partial charge in [-0.3, -0.25) is 14.9 Å². The van der Waals surface area contributed by atoms with Crippen LogP contribution in [0.25, 0.3) is 0 Å². The first-order chi connectivity index (χ1) is 10.7. The fourth-order valence-electron chi connectivity index (χ4n) is 2.18. The number of hydrogen-bond acceptors (Lipinski definition) is 6. The molecule has 0 radical (unpaired) electrons. The Hall–Kier alpha value is -2.48. The van der Waals surface area contributed by atoms with Crippen molar-refractivity contribution < 1.29 is 14.3 Å². The zero-order valence-electron chi connectivity index (χ0n) is 11.9. The van der Waals surface area contributed by atoms with Crippen molar-refractivity contribution >= 4 is 28.3 Å². The molecule has 0 spiro atoms. The number of carbonyl (C=O) groups excluding carboxylic acids is 2. The van der Waals surface area contributed by atoms with Crippen molar-refractivity contribution in [3.63, 3.8) is 0 Å². The third-order valence-electron chi connectivity index (χ3n) is 3.21. The van der Waals surface area contributed by atoms with Gasteiger partial charge in [0.15, 0.2) is 5.13 Å². The maximum Gasteiger partial charge on any atom is 0.263 e. The highest BCUT2D eigenvalue weighted by Gasteiger charge is 2.22. The molecule has 0 aromatic carbocycles. The predicted octanol–water partition coefficient (Wildman–Crippen LogP) is 1.47. The Morgan fingerprint density at radius 3 is 3.18 bits per heavy atom. The van der Waals surface area contributed by atoms with E-state index in [1.807, 2.05) is 0 Å². The van der Waals surface area contributed by atoms with Gasteiger partial charge in [0.25, 0.3) is 11.8 Å². The molecule has 2 aromatic rings. The van der Waals surface area contributed by atoms with Crippen molar-refractivity contribution in [2.75, 3.05) is 19.0 Å². The Morgan fingerprint density at radius 2 is 2.36 bits per heavy atom. The fourth-order valence-corrected chi connectivity index (χ4v) is 3.10. The number of aromatic nitrogens is 2. The molecule has 3 rings (SSSR count). The van der Waals surface area contributed by atoms with E-state index in [-0.39, 0.29) is 17.7 Å². The number of thiazole rings is 1. The van der Waals surface area contributed by atoms with E-state index in [4.69, 9.17) is 4.74 Å². The van der Waals surface area contributed by atoms with Crippen molar-refractivity contribution in [3.05, 3.63) is 34.5 Å². The summed E-state index contributed by atoms with van der Waals surface area (Å²) in [5, 5.41) is 5.91. The van der Waals surface area contributed by atoms with Gasteiger partial charge in [-0.1, -0.05) is 11.3 Å². The standard InChI is InChI=1S/C14H14N4O3S/c1-21-13-8(4-2-7-16-13)11(19)18-14-17-9-5-3-6-15-12(20)10(9)22-14/h2,4,7H,3,5-6H2,1H3,(H,15,20)(H,17,18,19). The Morgan fingerprint density at radius 1 is 1.50 bits per heavy atom. The van der Waals surface area contributed by atoms with Crippen molar-refractivity contribution in [1.82, 2.24) is 15.3 Å². The van der Waals surface area contributed by atoms with E-state index in [2.05, 4.69) is 20.6 Å². The van der Waals surface area contributed by atoms with E-state index < -0.39 is 0 Å². The number of fused-ring (bicyclic) bond motifs is 1. The SMILES string of the molecule is COc1ncccc1C(=O)Nc1nc2c(s1)C(=O)NCCC2. The van der Waals surface area contributed by atoms with Gasteiger partial charge in [0, 0.05) is 12.7 Å². The minimum atomic E-state index is -0.366. The van der Waals surface area contributed by atoms with Gasteiger partial charge in [0.1, 0.15) is 10.4 Å². The van der Waals surface area contributed by atoms with Crippen LogP contribution in [0, 0.1) is 0 Å². The monoisotopic (exact) mass is 318 g/mol. The average molecular weight is 318 g/mol. The lowest BCUT2D eigenvalue weighted by Gasteiger charge is -2.05. The number of pyridine rings is 1. The molecule has 2 aromatic heterocycles. The number of hydrogen-bond donors (Lipinski definition) is 2. The minimum Gasteiger partial charge on any atom is -0.480 e. The van der Waals surface area contributed by atoms with Gasteiger partial charge < -0.3 is 10.1 Å². The van der Waals surface area contributed by atoms with E-state index >= 15 is 0 Å². The number of nitrogens with zero attached hydrogens (tertiary/aromatic N) is 2. The summed E-state index contributed by atoms with van der Waals surface area (Å²) in [5.74, 6) is -0.255. The second kappa shape index (κ2) is 6.10. The fraction of sp³-hybridized carbons (Fsp3) is 0.286. The predicted molar refractivity (Wildman–Crippen MR) is 81.5 cm³/mol. The van der Waals surface area contributed by atoms with E-state index in [0.717, 1.165) is 18.5 Å². The first-order valence-corrected chi connectivity index (χ1v) is 7.59. The molecule has 2 N–H and O–H groups in total. The second-order valence-corrected chi connectivity index (χ2v) is 5.67. The number of aryl methyl sites for hydroxylation is 1. The van der Waals surface area contributed by atoms with Crippen LogP contribution >= 0.6 is 11.3 Å². The van der Waals surface area contributed by atoms with Crippen LogP contribution in [0.1, 0.15) is 32.1 Å². The van der Waals surface area contributed by atoms with Gasteiger partial charge >= 0.3 is 0 Å². The minimum absolute atomic E-state index is 0.135. The van der Waals surface area contributed by atoms with Gasteiger partial charge in [-0.15, -0.1) is 0 Å².